The van der Waals surface area contributed by atoms with E-state index in [9.17, 15) is 19.2 Å². The normalized spacial score (nSPS) is 18.0. The summed E-state index contributed by atoms with van der Waals surface area (Å²) in [5, 5.41) is 8.17. The van der Waals surface area contributed by atoms with Crippen molar-refractivity contribution in [1.29, 1.82) is 0 Å². The van der Waals surface area contributed by atoms with Crippen LogP contribution in [0, 0.1) is 11.3 Å². The smallest absolute Gasteiger partial charge is 0.407 e. The van der Waals surface area contributed by atoms with Gasteiger partial charge in [-0.15, -0.1) is 0 Å². The van der Waals surface area contributed by atoms with Gasteiger partial charge in [0.15, 0.2) is 5.76 Å². The highest BCUT2D eigenvalue weighted by molar-refractivity contribution is 5.93. The van der Waals surface area contributed by atoms with E-state index in [0.717, 1.165) is 5.57 Å². The monoisotopic (exact) mass is 628 g/mol. The first-order valence-corrected chi connectivity index (χ1v) is 15.3. The first kappa shape index (κ1) is 38.9. The molecule has 11 heteroatoms. The number of alkyl carbamates (subject to hydrolysis) is 1. The van der Waals surface area contributed by atoms with Crippen LogP contribution in [0.5, 0.6) is 0 Å². The molecule has 0 aromatic heterocycles. The zero-order valence-corrected chi connectivity index (χ0v) is 27.8. The zero-order valence-electron chi connectivity index (χ0n) is 27.8. The van der Waals surface area contributed by atoms with Crippen molar-refractivity contribution in [2.75, 3.05) is 20.2 Å². The van der Waals surface area contributed by atoms with Gasteiger partial charge in [-0.3, -0.25) is 9.59 Å². The van der Waals surface area contributed by atoms with Gasteiger partial charge < -0.3 is 35.9 Å². The summed E-state index contributed by atoms with van der Waals surface area (Å²) in [5.74, 6) is -1.04. The van der Waals surface area contributed by atoms with Gasteiger partial charge in [-0.1, -0.05) is 75.8 Å². The standard InChI is InChI=1S/C34H52N4O7/c1-8-9-15-26(44-33(42)37-22-13-20-35)16-12-21-36-31(40)30(34(4,5)6)38-29(39)17-11-10-14-24(2)23-25(3)27-18-19-28(43-7)32(41)45-27/h8-12,14,17,19,21,23,25-27,30H,13,15-16,18,20,22,35H2,1-7H3,(H,36,40)(H,37,42)(H,38,39)/b9-8-,14-10-,17-11-,21-12-,24-23+/t25-,26?,27-,30?/m0/s1. The van der Waals surface area contributed by atoms with E-state index in [1.807, 2.05) is 65.8 Å². The lowest BCUT2D eigenvalue weighted by Crippen LogP contribution is -2.52. The van der Waals surface area contributed by atoms with E-state index in [-0.39, 0.29) is 23.7 Å². The third-order valence-corrected chi connectivity index (χ3v) is 6.76. The Bertz CT molecular complexity index is 1160. The number of ether oxygens (including phenoxy) is 3. The molecule has 1 heterocycles. The summed E-state index contributed by atoms with van der Waals surface area (Å²) in [6.45, 7) is 12.3. The van der Waals surface area contributed by atoms with Crippen LogP contribution in [0.25, 0.3) is 0 Å². The van der Waals surface area contributed by atoms with Crippen molar-refractivity contribution < 1.29 is 33.4 Å². The maximum atomic E-state index is 13.0. The Balaban J connectivity index is 2.69. The van der Waals surface area contributed by atoms with E-state index in [4.69, 9.17) is 19.9 Å². The lowest BCUT2D eigenvalue weighted by atomic mass is 9.86. The Morgan fingerprint density at radius 3 is 2.47 bits per heavy atom. The van der Waals surface area contributed by atoms with Gasteiger partial charge in [-0.25, -0.2) is 9.59 Å². The lowest BCUT2D eigenvalue weighted by Gasteiger charge is -2.29. The van der Waals surface area contributed by atoms with Crippen molar-refractivity contribution in [2.24, 2.45) is 17.1 Å². The fraction of sp³-hybridized carbons (Fsp3) is 0.529. The van der Waals surface area contributed by atoms with Crippen LogP contribution in [0.15, 0.2) is 72.2 Å². The van der Waals surface area contributed by atoms with E-state index in [0.29, 0.717) is 38.8 Å². The number of amides is 3. The molecule has 0 aromatic rings. The number of nitrogens with two attached hydrogens (primary N) is 1. The molecule has 0 spiro atoms. The number of carbonyl (C=O) groups excluding carboxylic acids is 4. The molecule has 11 nitrogen and oxygen atoms in total. The fourth-order valence-electron chi connectivity index (χ4n) is 4.24. The highest BCUT2D eigenvalue weighted by Crippen LogP contribution is 2.23. The zero-order chi connectivity index (χ0) is 33.8. The molecule has 0 aromatic carbocycles. The number of cyclic esters (lactones) is 1. The topological polar surface area (TPSA) is 158 Å². The molecule has 1 aliphatic heterocycles. The SMILES string of the molecule is C/C=C\CC(C/C=C\NC(=O)C(NC(=O)\C=C/C=C\C(C)=C\[C@H](C)[C@@H]1CC=C(OC)C(=O)O1)C(C)(C)C)OC(=O)NCCCN. The van der Waals surface area contributed by atoms with Crippen LogP contribution < -0.4 is 21.7 Å². The van der Waals surface area contributed by atoms with Gasteiger partial charge in [-0.05, 0) is 44.5 Å². The molecular formula is C34H52N4O7. The van der Waals surface area contributed by atoms with E-state index < -0.39 is 35.5 Å². The van der Waals surface area contributed by atoms with Crippen molar-refractivity contribution >= 4 is 23.9 Å². The van der Waals surface area contributed by atoms with Gasteiger partial charge in [0.05, 0.1) is 7.11 Å². The summed E-state index contributed by atoms with van der Waals surface area (Å²) in [6.07, 6.45) is 18.2. The first-order chi connectivity index (χ1) is 21.3. The Kier molecular flexibility index (Phi) is 18.0. The molecule has 0 saturated carbocycles. The second-order valence-electron chi connectivity index (χ2n) is 11.8. The van der Waals surface area contributed by atoms with E-state index in [1.54, 1.807) is 24.3 Å². The highest BCUT2D eigenvalue weighted by atomic mass is 16.6. The van der Waals surface area contributed by atoms with Gasteiger partial charge in [-0.2, -0.15) is 0 Å². The molecule has 3 amide bonds. The van der Waals surface area contributed by atoms with Gasteiger partial charge >= 0.3 is 12.1 Å². The molecule has 2 unspecified atom stereocenters. The minimum atomic E-state index is -0.806. The Morgan fingerprint density at radius 1 is 1.16 bits per heavy atom. The fourth-order valence-corrected chi connectivity index (χ4v) is 4.24. The largest absolute Gasteiger partial charge is 0.490 e. The van der Waals surface area contributed by atoms with Crippen LogP contribution in [0.1, 0.15) is 67.2 Å². The molecule has 0 aliphatic carbocycles. The summed E-state index contributed by atoms with van der Waals surface area (Å²) in [6, 6.07) is -0.806. The second kappa shape index (κ2) is 20.8. The average Bonchev–Trinajstić information content (AvgIpc) is 2.98. The van der Waals surface area contributed by atoms with Crippen LogP contribution in [-0.4, -0.2) is 62.3 Å². The molecule has 0 saturated heterocycles. The minimum Gasteiger partial charge on any atom is -0.490 e. The molecule has 5 N–H and O–H groups in total. The summed E-state index contributed by atoms with van der Waals surface area (Å²) in [4.78, 5) is 49.6. The molecule has 4 atom stereocenters. The number of carbonyl (C=O) groups is 4. The Hall–Kier alpha value is -4.12. The van der Waals surface area contributed by atoms with Crippen LogP contribution in [-0.2, 0) is 28.6 Å². The van der Waals surface area contributed by atoms with E-state index in [2.05, 4.69) is 16.0 Å². The van der Waals surface area contributed by atoms with Crippen molar-refractivity contribution in [3.05, 3.63) is 72.2 Å². The lowest BCUT2D eigenvalue weighted by molar-refractivity contribution is -0.151. The Labute approximate surface area is 268 Å². The second-order valence-corrected chi connectivity index (χ2v) is 11.8. The predicted octanol–water partition coefficient (Wildman–Crippen LogP) is 4.49. The van der Waals surface area contributed by atoms with E-state index >= 15 is 0 Å². The van der Waals surface area contributed by atoms with Crippen LogP contribution in [0.4, 0.5) is 4.79 Å². The number of esters is 1. The molecule has 0 bridgehead atoms. The number of nitrogens with one attached hydrogen (secondary N) is 3. The van der Waals surface area contributed by atoms with Crippen LogP contribution in [0.3, 0.4) is 0 Å². The van der Waals surface area contributed by atoms with Crippen LogP contribution in [0.2, 0.25) is 0 Å². The first-order valence-electron chi connectivity index (χ1n) is 15.3. The van der Waals surface area contributed by atoms with Gasteiger partial charge in [0.25, 0.3) is 0 Å². The highest BCUT2D eigenvalue weighted by Gasteiger charge is 2.32. The summed E-state index contributed by atoms with van der Waals surface area (Å²) >= 11 is 0. The summed E-state index contributed by atoms with van der Waals surface area (Å²) in [5.41, 5.74) is 5.83. The van der Waals surface area contributed by atoms with Gasteiger partial charge in [0.2, 0.25) is 11.8 Å². The summed E-state index contributed by atoms with van der Waals surface area (Å²) in [7, 11) is 1.44. The minimum absolute atomic E-state index is 0.0156. The quantitative estimate of drug-likeness (QED) is 0.0603. The number of rotatable bonds is 17. The van der Waals surface area contributed by atoms with Crippen LogP contribution >= 0.6 is 0 Å². The Morgan fingerprint density at radius 2 is 1.84 bits per heavy atom. The number of hydrogen-bond donors (Lipinski definition) is 4. The molecule has 45 heavy (non-hydrogen) atoms. The average molecular weight is 629 g/mol. The van der Waals surface area contributed by atoms with Gasteiger partial charge in [0, 0.05) is 37.8 Å². The third-order valence-electron chi connectivity index (χ3n) is 6.76. The summed E-state index contributed by atoms with van der Waals surface area (Å²) < 4.78 is 15.9. The molecule has 250 valence electrons. The van der Waals surface area contributed by atoms with E-state index in [1.165, 1.54) is 19.4 Å². The number of allylic oxidation sites excluding steroid dienone is 5. The predicted molar refractivity (Wildman–Crippen MR) is 175 cm³/mol. The number of hydrogen-bond acceptors (Lipinski definition) is 8. The molecular weight excluding hydrogens is 576 g/mol. The molecule has 0 fully saturated rings. The van der Waals surface area contributed by atoms with Crippen molar-refractivity contribution in [2.45, 2.75) is 85.5 Å². The van der Waals surface area contributed by atoms with Crippen molar-refractivity contribution in [3.8, 4) is 0 Å². The molecule has 1 aliphatic rings. The molecule has 1 rings (SSSR count). The van der Waals surface area contributed by atoms with Crippen molar-refractivity contribution in [1.82, 2.24) is 16.0 Å². The number of methoxy groups -OCH3 is 1. The van der Waals surface area contributed by atoms with Crippen molar-refractivity contribution in [3.63, 3.8) is 0 Å². The van der Waals surface area contributed by atoms with Gasteiger partial charge in [0.1, 0.15) is 18.2 Å². The maximum absolute atomic E-state index is 13.0. The molecule has 0 radical (unpaired) electrons. The maximum Gasteiger partial charge on any atom is 0.407 e. The third kappa shape index (κ3) is 16.0.